The molecule has 0 bridgehead atoms. The molecule has 0 radical (unpaired) electrons. The smallest absolute Gasteiger partial charge is 0.315 e. The molecular weight excluding hydrogens is 286 g/mol. The maximum absolute atomic E-state index is 12.2. The third kappa shape index (κ3) is 5.87. The zero-order valence-electron chi connectivity index (χ0n) is 14.8. The summed E-state index contributed by atoms with van der Waals surface area (Å²) in [7, 11) is 4.10. The van der Waals surface area contributed by atoms with Crippen LogP contribution in [0.25, 0.3) is 0 Å². The minimum absolute atomic E-state index is 0.0316. The lowest BCUT2D eigenvalue weighted by Crippen LogP contribution is -2.44. The number of rotatable bonds is 5. The predicted molar refractivity (Wildman–Crippen MR) is 95.6 cm³/mol. The highest BCUT2D eigenvalue weighted by molar-refractivity contribution is 5.74. The van der Waals surface area contributed by atoms with Gasteiger partial charge in [0.05, 0.1) is 6.04 Å². The molecule has 0 spiro atoms. The maximum Gasteiger partial charge on any atom is 0.315 e. The Morgan fingerprint density at radius 2 is 1.74 bits per heavy atom. The number of carbonyl (C=O) groups excluding carboxylic acids is 1. The van der Waals surface area contributed by atoms with Gasteiger partial charge in [-0.1, -0.05) is 55.5 Å². The van der Waals surface area contributed by atoms with E-state index in [4.69, 9.17) is 0 Å². The molecule has 0 aliphatic heterocycles. The van der Waals surface area contributed by atoms with Crippen molar-refractivity contribution in [2.45, 2.75) is 57.5 Å². The van der Waals surface area contributed by atoms with Crippen LogP contribution >= 0.6 is 0 Å². The zero-order valence-corrected chi connectivity index (χ0v) is 14.8. The summed E-state index contributed by atoms with van der Waals surface area (Å²) < 4.78 is 0. The number of aryl methyl sites for hydroxylation is 1. The molecule has 4 heteroatoms. The van der Waals surface area contributed by atoms with E-state index in [9.17, 15) is 4.79 Å². The largest absolute Gasteiger partial charge is 0.336 e. The second-order valence-electron chi connectivity index (χ2n) is 6.93. The first kappa shape index (κ1) is 17.8. The van der Waals surface area contributed by atoms with Crippen molar-refractivity contribution in [2.24, 2.45) is 0 Å². The van der Waals surface area contributed by atoms with Crippen molar-refractivity contribution in [3.05, 3.63) is 35.4 Å². The van der Waals surface area contributed by atoms with Crippen molar-refractivity contribution in [2.75, 3.05) is 20.6 Å². The van der Waals surface area contributed by atoms with Crippen LogP contribution in [0, 0.1) is 6.92 Å². The fraction of sp³-hybridized carbons (Fsp3) is 0.632. The fourth-order valence-electron chi connectivity index (χ4n) is 3.24. The van der Waals surface area contributed by atoms with Crippen LogP contribution in [-0.4, -0.2) is 37.6 Å². The van der Waals surface area contributed by atoms with E-state index < -0.39 is 0 Å². The Bertz CT molecular complexity index is 476. The summed E-state index contributed by atoms with van der Waals surface area (Å²) in [6.07, 6.45) is 7.29. The normalized spacial score (nSPS) is 17.6. The van der Waals surface area contributed by atoms with Gasteiger partial charge in [-0.15, -0.1) is 0 Å². The Labute approximate surface area is 140 Å². The molecule has 2 N–H and O–H groups in total. The predicted octanol–water partition coefficient (Wildman–Crippen LogP) is 3.62. The molecule has 2 rings (SSSR count). The van der Waals surface area contributed by atoms with E-state index in [0.29, 0.717) is 12.6 Å². The summed E-state index contributed by atoms with van der Waals surface area (Å²) in [6.45, 7) is 2.71. The number of hydrogen-bond acceptors (Lipinski definition) is 2. The SMILES string of the molecule is Cc1ccc(C(CNC(=O)NC2CCCCCC2)N(C)C)cc1. The quantitative estimate of drug-likeness (QED) is 0.815. The third-order valence-corrected chi connectivity index (χ3v) is 4.73. The van der Waals surface area contributed by atoms with Crippen LogP contribution in [0.15, 0.2) is 24.3 Å². The first-order valence-corrected chi connectivity index (χ1v) is 8.83. The second-order valence-corrected chi connectivity index (χ2v) is 6.93. The number of amides is 2. The first-order valence-electron chi connectivity index (χ1n) is 8.83. The molecule has 1 aromatic rings. The van der Waals surface area contributed by atoms with Crippen LogP contribution in [0.1, 0.15) is 55.7 Å². The van der Waals surface area contributed by atoms with Crippen molar-refractivity contribution in [1.82, 2.24) is 15.5 Å². The molecule has 2 amide bonds. The van der Waals surface area contributed by atoms with E-state index in [1.807, 2.05) is 0 Å². The Morgan fingerprint density at radius 1 is 1.13 bits per heavy atom. The molecule has 1 aromatic carbocycles. The highest BCUT2D eigenvalue weighted by Gasteiger charge is 2.17. The van der Waals surface area contributed by atoms with Crippen molar-refractivity contribution >= 4 is 6.03 Å². The van der Waals surface area contributed by atoms with Gasteiger partial charge >= 0.3 is 6.03 Å². The highest BCUT2D eigenvalue weighted by atomic mass is 16.2. The monoisotopic (exact) mass is 317 g/mol. The molecule has 1 saturated carbocycles. The van der Waals surface area contributed by atoms with E-state index in [2.05, 4.69) is 60.8 Å². The molecule has 1 unspecified atom stereocenters. The minimum Gasteiger partial charge on any atom is -0.336 e. The van der Waals surface area contributed by atoms with E-state index in [1.54, 1.807) is 0 Å². The summed E-state index contributed by atoms with van der Waals surface area (Å²) in [6, 6.07) is 9.03. The molecule has 4 nitrogen and oxygen atoms in total. The average molecular weight is 317 g/mol. The number of likely N-dealkylation sites (N-methyl/N-ethyl adjacent to an activating group) is 1. The van der Waals surface area contributed by atoms with Gasteiger partial charge in [-0.25, -0.2) is 4.79 Å². The van der Waals surface area contributed by atoms with Gasteiger partial charge in [0, 0.05) is 12.6 Å². The second kappa shape index (κ2) is 8.92. The van der Waals surface area contributed by atoms with E-state index in [-0.39, 0.29) is 12.1 Å². The lowest BCUT2D eigenvalue weighted by molar-refractivity contribution is 0.228. The number of carbonyl (C=O) groups is 1. The van der Waals surface area contributed by atoms with Gasteiger partial charge in [-0.3, -0.25) is 0 Å². The number of urea groups is 1. The zero-order chi connectivity index (χ0) is 16.7. The third-order valence-electron chi connectivity index (χ3n) is 4.73. The van der Waals surface area contributed by atoms with Gasteiger partial charge in [0.15, 0.2) is 0 Å². The molecule has 0 aromatic heterocycles. The lowest BCUT2D eigenvalue weighted by atomic mass is 10.0. The topological polar surface area (TPSA) is 44.4 Å². The van der Waals surface area contributed by atoms with Crippen LogP contribution in [0.4, 0.5) is 4.79 Å². The Hall–Kier alpha value is -1.55. The summed E-state index contributed by atoms with van der Waals surface area (Å²) in [5, 5.41) is 6.20. The van der Waals surface area contributed by atoms with Crippen LogP contribution in [0.2, 0.25) is 0 Å². The summed E-state index contributed by atoms with van der Waals surface area (Å²) in [5.41, 5.74) is 2.49. The summed E-state index contributed by atoms with van der Waals surface area (Å²) >= 11 is 0. The Balaban J connectivity index is 1.85. The molecule has 0 saturated heterocycles. The molecule has 1 fully saturated rings. The van der Waals surface area contributed by atoms with Crippen molar-refractivity contribution < 1.29 is 4.79 Å². The number of nitrogens with one attached hydrogen (secondary N) is 2. The maximum atomic E-state index is 12.2. The van der Waals surface area contributed by atoms with Gasteiger partial charge in [0.25, 0.3) is 0 Å². The highest BCUT2D eigenvalue weighted by Crippen LogP contribution is 2.19. The molecular formula is C19H31N3O. The standard InChI is InChI=1S/C19H31N3O/c1-15-10-12-16(13-11-15)18(22(2)3)14-20-19(23)21-17-8-6-4-5-7-9-17/h10-13,17-18H,4-9,14H2,1-3H3,(H2,20,21,23). The van der Waals surface area contributed by atoms with Crippen molar-refractivity contribution in [3.8, 4) is 0 Å². The Kier molecular flexibility index (Phi) is 6.90. The van der Waals surface area contributed by atoms with Crippen LogP contribution < -0.4 is 10.6 Å². The van der Waals surface area contributed by atoms with Gasteiger partial charge in [0.1, 0.15) is 0 Å². The van der Waals surface area contributed by atoms with E-state index in [1.165, 1.54) is 36.8 Å². The van der Waals surface area contributed by atoms with Gasteiger partial charge in [-0.05, 0) is 39.4 Å². The molecule has 128 valence electrons. The molecule has 1 aliphatic carbocycles. The Morgan fingerprint density at radius 3 is 2.30 bits per heavy atom. The van der Waals surface area contributed by atoms with E-state index in [0.717, 1.165) is 12.8 Å². The lowest BCUT2D eigenvalue weighted by Gasteiger charge is -2.26. The number of nitrogens with zero attached hydrogens (tertiary/aromatic N) is 1. The fourth-order valence-corrected chi connectivity index (χ4v) is 3.24. The number of benzene rings is 1. The first-order chi connectivity index (χ1) is 11.1. The van der Waals surface area contributed by atoms with Crippen LogP contribution in [0.3, 0.4) is 0 Å². The molecule has 23 heavy (non-hydrogen) atoms. The summed E-state index contributed by atoms with van der Waals surface area (Å²) in [5.74, 6) is 0. The molecule has 1 atom stereocenters. The minimum atomic E-state index is -0.0316. The summed E-state index contributed by atoms with van der Waals surface area (Å²) in [4.78, 5) is 14.3. The van der Waals surface area contributed by atoms with Crippen LogP contribution in [-0.2, 0) is 0 Å². The van der Waals surface area contributed by atoms with Crippen LogP contribution in [0.5, 0.6) is 0 Å². The van der Waals surface area contributed by atoms with Gasteiger partial charge in [0.2, 0.25) is 0 Å². The molecule has 1 aliphatic rings. The number of hydrogen-bond donors (Lipinski definition) is 2. The van der Waals surface area contributed by atoms with Crippen molar-refractivity contribution in [3.63, 3.8) is 0 Å². The van der Waals surface area contributed by atoms with Gasteiger partial charge in [-0.2, -0.15) is 0 Å². The van der Waals surface area contributed by atoms with Gasteiger partial charge < -0.3 is 15.5 Å². The molecule has 0 heterocycles. The van der Waals surface area contributed by atoms with E-state index >= 15 is 0 Å². The van der Waals surface area contributed by atoms with Crippen molar-refractivity contribution in [1.29, 1.82) is 0 Å². The average Bonchev–Trinajstić information content (AvgIpc) is 2.77.